The molecule has 1 fully saturated rings. The molecule has 0 radical (unpaired) electrons. The van der Waals surface area contributed by atoms with Gasteiger partial charge in [0.1, 0.15) is 0 Å². The molecule has 4 rings (SSSR count). The minimum atomic E-state index is 0.101. The van der Waals surface area contributed by atoms with Gasteiger partial charge in [-0.15, -0.1) is 5.10 Å². The monoisotopic (exact) mass is 452 g/mol. The summed E-state index contributed by atoms with van der Waals surface area (Å²) in [6.07, 6.45) is 1.75. The van der Waals surface area contributed by atoms with Gasteiger partial charge in [-0.25, -0.2) is 4.68 Å². The van der Waals surface area contributed by atoms with E-state index in [9.17, 15) is 4.79 Å². The molecule has 0 bridgehead atoms. The lowest BCUT2D eigenvalue weighted by Gasteiger charge is -2.30. The predicted molar refractivity (Wildman–Crippen MR) is 130 cm³/mol. The smallest absolute Gasteiger partial charge is 0.209 e. The van der Waals surface area contributed by atoms with E-state index in [-0.39, 0.29) is 11.7 Å². The summed E-state index contributed by atoms with van der Waals surface area (Å²) in [6, 6.07) is 14.2. The quantitative estimate of drug-likeness (QED) is 0.373. The Hall–Kier alpha value is -2.35. The summed E-state index contributed by atoms with van der Waals surface area (Å²) in [7, 11) is 0. The van der Waals surface area contributed by atoms with Gasteiger partial charge in [-0.1, -0.05) is 47.2 Å². The van der Waals surface area contributed by atoms with Gasteiger partial charge in [-0.05, 0) is 69.1 Å². The summed E-state index contributed by atoms with van der Waals surface area (Å²) in [5.74, 6) is 0.370. The van der Waals surface area contributed by atoms with Gasteiger partial charge in [-0.2, -0.15) is 0 Å². The van der Waals surface area contributed by atoms with E-state index in [4.69, 9.17) is 12.2 Å². The zero-order valence-corrected chi connectivity index (χ0v) is 19.9. The number of carbonyl (C=O) groups is 1. The average Bonchev–Trinajstić information content (AvgIpc) is 3.10. The maximum absolute atomic E-state index is 12.8. The molecule has 0 saturated carbocycles. The summed E-state index contributed by atoms with van der Waals surface area (Å²) < 4.78 is 2.63. The Bertz CT molecular complexity index is 1130. The first-order chi connectivity index (χ1) is 14.9. The van der Waals surface area contributed by atoms with Crippen LogP contribution in [-0.2, 0) is 6.67 Å². The maximum atomic E-state index is 12.8. The van der Waals surface area contributed by atoms with Crippen LogP contribution in [-0.4, -0.2) is 33.6 Å². The molecule has 0 amide bonds. The summed E-state index contributed by atoms with van der Waals surface area (Å²) in [5, 5.41) is 8.85. The Morgan fingerprint density at radius 1 is 1.10 bits per heavy atom. The number of anilines is 2. The Balaban J connectivity index is 1.34. The van der Waals surface area contributed by atoms with Crippen LogP contribution in [0.5, 0.6) is 0 Å². The van der Waals surface area contributed by atoms with Crippen molar-refractivity contribution in [2.24, 2.45) is 5.92 Å². The molecule has 2 heterocycles. The molecule has 31 heavy (non-hydrogen) atoms. The second kappa shape index (κ2) is 9.42. The standard InChI is InChI=1S/C24H28N4OS2/c1-16-4-7-19(8-5-16)22(29)20-10-12-27(13-11-20)15-28-24(30)31-23(26-28)25-21-9-6-17(2)18(3)14-21/h4-9,14,20H,10-13,15H2,1-3H3,(H,25,26). The molecule has 1 aromatic heterocycles. The van der Waals surface area contributed by atoms with Crippen LogP contribution in [0.15, 0.2) is 42.5 Å². The number of nitrogens with zero attached hydrogens (tertiary/aromatic N) is 3. The summed E-state index contributed by atoms with van der Waals surface area (Å²) in [5.41, 5.74) is 5.55. The summed E-state index contributed by atoms with van der Waals surface area (Å²) in [6.45, 7) is 8.67. The number of Topliss-reactive ketones (excluding diaryl/α,β-unsaturated/α-hetero) is 1. The average molecular weight is 453 g/mol. The van der Waals surface area contributed by atoms with Crippen molar-refractivity contribution in [3.63, 3.8) is 0 Å². The Morgan fingerprint density at radius 3 is 2.48 bits per heavy atom. The molecule has 3 aromatic rings. The molecule has 1 aliphatic rings. The molecule has 1 saturated heterocycles. The third-order valence-electron chi connectivity index (χ3n) is 5.99. The van der Waals surface area contributed by atoms with E-state index in [0.29, 0.717) is 6.67 Å². The van der Waals surface area contributed by atoms with E-state index in [1.165, 1.54) is 28.0 Å². The zero-order valence-electron chi connectivity index (χ0n) is 18.2. The van der Waals surface area contributed by atoms with Crippen molar-refractivity contribution in [2.75, 3.05) is 18.4 Å². The van der Waals surface area contributed by atoms with Crippen LogP contribution >= 0.6 is 23.6 Å². The van der Waals surface area contributed by atoms with Gasteiger partial charge >= 0.3 is 0 Å². The molecular formula is C24H28N4OS2. The zero-order chi connectivity index (χ0) is 22.0. The van der Waals surface area contributed by atoms with E-state index in [1.54, 1.807) is 0 Å². The van der Waals surface area contributed by atoms with Gasteiger partial charge in [-0.3, -0.25) is 9.69 Å². The van der Waals surface area contributed by atoms with E-state index in [1.807, 2.05) is 35.9 Å². The number of rotatable bonds is 6. The number of nitrogens with one attached hydrogen (secondary N) is 1. The van der Waals surface area contributed by atoms with Gasteiger partial charge in [0.05, 0.1) is 6.67 Å². The fourth-order valence-electron chi connectivity index (χ4n) is 3.87. The lowest BCUT2D eigenvalue weighted by molar-refractivity contribution is 0.0804. The van der Waals surface area contributed by atoms with Crippen molar-refractivity contribution in [2.45, 2.75) is 40.3 Å². The van der Waals surface area contributed by atoms with Gasteiger partial charge < -0.3 is 5.32 Å². The molecule has 1 N–H and O–H groups in total. The first-order valence-corrected chi connectivity index (χ1v) is 11.9. The molecule has 5 nitrogen and oxygen atoms in total. The van der Waals surface area contributed by atoms with Gasteiger partial charge in [0.15, 0.2) is 9.74 Å². The number of likely N-dealkylation sites (tertiary alicyclic amines) is 1. The fourth-order valence-corrected chi connectivity index (χ4v) is 4.88. The number of carbonyl (C=O) groups excluding carboxylic acids is 1. The van der Waals surface area contributed by atoms with Crippen LogP contribution < -0.4 is 5.32 Å². The van der Waals surface area contributed by atoms with Crippen LogP contribution in [0, 0.1) is 30.6 Å². The van der Waals surface area contributed by atoms with E-state index >= 15 is 0 Å². The highest BCUT2D eigenvalue weighted by Crippen LogP contribution is 2.25. The van der Waals surface area contributed by atoms with Crippen molar-refractivity contribution >= 4 is 40.2 Å². The van der Waals surface area contributed by atoms with Crippen molar-refractivity contribution in [1.29, 1.82) is 0 Å². The molecular weight excluding hydrogens is 424 g/mol. The van der Waals surface area contributed by atoms with E-state index in [2.05, 4.69) is 47.4 Å². The van der Waals surface area contributed by atoms with Crippen LogP contribution in [0.2, 0.25) is 0 Å². The highest BCUT2D eigenvalue weighted by atomic mass is 32.1. The Labute approximate surface area is 192 Å². The number of hydrogen-bond donors (Lipinski definition) is 1. The van der Waals surface area contributed by atoms with Gasteiger partial charge in [0.25, 0.3) is 0 Å². The molecule has 0 spiro atoms. The van der Waals surface area contributed by atoms with E-state index < -0.39 is 0 Å². The lowest BCUT2D eigenvalue weighted by atomic mass is 9.89. The van der Waals surface area contributed by atoms with Crippen LogP contribution in [0.4, 0.5) is 10.8 Å². The largest absolute Gasteiger partial charge is 0.330 e. The van der Waals surface area contributed by atoms with Crippen LogP contribution in [0.25, 0.3) is 0 Å². The van der Waals surface area contributed by atoms with Crippen LogP contribution in [0.1, 0.15) is 39.9 Å². The fraction of sp³-hybridized carbons (Fsp3) is 0.375. The van der Waals surface area contributed by atoms with E-state index in [0.717, 1.165) is 46.3 Å². The normalized spacial score (nSPS) is 15.2. The Kier molecular flexibility index (Phi) is 6.65. The van der Waals surface area contributed by atoms with Crippen molar-refractivity contribution < 1.29 is 4.79 Å². The SMILES string of the molecule is Cc1ccc(C(=O)C2CCN(Cn3nc(Nc4ccc(C)c(C)c4)sc3=S)CC2)cc1. The number of aromatic nitrogens is 2. The molecule has 0 atom stereocenters. The molecule has 1 aliphatic heterocycles. The highest BCUT2D eigenvalue weighted by molar-refractivity contribution is 7.73. The number of aryl methyl sites for hydroxylation is 3. The lowest BCUT2D eigenvalue weighted by Crippen LogP contribution is -2.37. The third kappa shape index (κ3) is 5.29. The summed E-state index contributed by atoms with van der Waals surface area (Å²) >= 11 is 7.03. The third-order valence-corrected chi connectivity index (χ3v) is 7.22. The number of ketones is 1. The molecule has 7 heteroatoms. The molecule has 162 valence electrons. The topological polar surface area (TPSA) is 50.2 Å². The number of benzene rings is 2. The van der Waals surface area contributed by atoms with Gasteiger partial charge in [0.2, 0.25) is 5.13 Å². The van der Waals surface area contributed by atoms with Crippen LogP contribution in [0.3, 0.4) is 0 Å². The van der Waals surface area contributed by atoms with Gasteiger partial charge in [0, 0.05) is 30.3 Å². The number of piperidine rings is 1. The first kappa shape index (κ1) is 21.9. The highest BCUT2D eigenvalue weighted by Gasteiger charge is 2.26. The molecule has 0 unspecified atom stereocenters. The first-order valence-electron chi connectivity index (χ1n) is 10.6. The Morgan fingerprint density at radius 2 is 1.81 bits per heavy atom. The number of hydrogen-bond acceptors (Lipinski definition) is 6. The molecule has 2 aromatic carbocycles. The second-order valence-electron chi connectivity index (χ2n) is 8.36. The second-order valence-corrected chi connectivity index (χ2v) is 9.98. The molecule has 0 aliphatic carbocycles. The minimum Gasteiger partial charge on any atom is -0.330 e. The van der Waals surface area contributed by atoms with Crippen molar-refractivity contribution in [3.8, 4) is 0 Å². The summed E-state index contributed by atoms with van der Waals surface area (Å²) in [4.78, 5) is 15.1. The predicted octanol–water partition coefficient (Wildman–Crippen LogP) is 5.90. The maximum Gasteiger partial charge on any atom is 0.209 e. The van der Waals surface area contributed by atoms with Crippen molar-refractivity contribution in [3.05, 3.63) is 68.7 Å². The minimum absolute atomic E-state index is 0.101. The van der Waals surface area contributed by atoms with Crippen molar-refractivity contribution in [1.82, 2.24) is 14.7 Å².